The number of benzene rings is 1. The van der Waals surface area contributed by atoms with E-state index in [1.807, 2.05) is 12.2 Å². The summed E-state index contributed by atoms with van der Waals surface area (Å²) < 4.78 is 13.7. The van der Waals surface area contributed by atoms with E-state index in [4.69, 9.17) is 11.6 Å². The van der Waals surface area contributed by atoms with E-state index in [1.54, 1.807) is 0 Å². The molecule has 3 amide bonds. The number of rotatable bonds is 4. The second-order valence-corrected chi connectivity index (χ2v) is 6.34. The van der Waals surface area contributed by atoms with Gasteiger partial charge in [0.15, 0.2) is 0 Å². The van der Waals surface area contributed by atoms with E-state index >= 15 is 0 Å². The van der Waals surface area contributed by atoms with Gasteiger partial charge in [-0.05, 0) is 31.0 Å². The van der Waals surface area contributed by atoms with Crippen molar-refractivity contribution in [3.05, 3.63) is 41.2 Å². The van der Waals surface area contributed by atoms with Crippen LogP contribution in [0.3, 0.4) is 0 Å². The van der Waals surface area contributed by atoms with Gasteiger partial charge in [-0.25, -0.2) is 4.39 Å². The molecule has 0 aromatic heterocycles. The van der Waals surface area contributed by atoms with Crippen molar-refractivity contribution in [2.75, 3.05) is 11.9 Å². The third kappa shape index (κ3) is 3.19. The Kier molecular flexibility index (Phi) is 4.66. The van der Waals surface area contributed by atoms with E-state index in [2.05, 4.69) is 5.32 Å². The Balaban J connectivity index is 1.58. The van der Waals surface area contributed by atoms with Crippen LogP contribution in [0, 0.1) is 17.7 Å². The average Bonchev–Trinajstić information content (AvgIpc) is 2.80. The lowest BCUT2D eigenvalue weighted by Gasteiger charge is -2.14. The van der Waals surface area contributed by atoms with Gasteiger partial charge in [-0.3, -0.25) is 19.3 Å². The van der Waals surface area contributed by atoms with Crippen molar-refractivity contribution in [1.82, 2.24) is 4.90 Å². The molecule has 7 heteroatoms. The molecule has 2 aliphatic rings. The Morgan fingerprint density at radius 2 is 1.83 bits per heavy atom. The van der Waals surface area contributed by atoms with E-state index in [-0.39, 0.29) is 47.3 Å². The third-order valence-electron chi connectivity index (χ3n) is 4.37. The average molecular weight is 351 g/mol. The Hall–Kier alpha value is -2.21. The molecule has 24 heavy (non-hydrogen) atoms. The number of nitrogens with zero attached hydrogens (tertiary/aromatic N) is 1. The van der Waals surface area contributed by atoms with Crippen LogP contribution in [0.5, 0.6) is 0 Å². The molecule has 1 aromatic carbocycles. The Morgan fingerprint density at radius 1 is 1.21 bits per heavy atom. The molecule has 1 N–H and O–H groups in total. The molecule has 1 aliphatic heterocycles. The third-order valence-corrected chi connectivity index (χ3v) is 4.60. The van der Waals surface area contributed by atoms with Crippen molar-refractivity contribution >= 4 is 35.0 Å². The van der Waals surface area contributed by atoms with Crippen LogP contribution < -0.4 is 5.32 Å². The number of carbonyl (C=O) groups is 3. The number of imide groups is 1. The molecule has 1 saturated heterocycles. The predicted octanol–water partition coefficient (Wildman–Crippen LogP) is 2.76. The summed E-state index contributed by atoms with van der Waals surface area (Å²) in [7, 11) is 0. The molecule has 0 saturated carbocycles. The summed E-state index contributed by atoms with van der Waals surface area (Å²) >= 11 is 5.65. The summed E-state index contributed by atoms with van der Waals surface area (Å²) in [6, 6.07) is 3.93. The van der Waals surface area contributed by atoms with E-state index in [0.717, 1.165) is 11.0 Å². The van der Waals surface area contributed by atoms with Gasteiger partial charge < -0.3 is 5.32 Å². The van der Waals surface area contributed by atoms with Gasteiger partial charge in [0.05, 0.1) is 17.5 Å². The minimum absolute atomic E-state index is 0.00566. The van der Waals surface area contributed by atoms with Crippen LogP contribution in [0.4, 0.5) is 10.1 Å². The van der Waals surface area contributed by atoms with Gasteiger partial charge in [0, 0.05) is 18.0 Å². The predicted molar refractivity (Wildman–Crippen MR) is 86.7 cm³/mol. The zero-order chi connectivity index (χ0) is 17.3. The van der Waals surface area contributed by atoms with Crippen molar-refractivity contribution in [2.45, 2.75) is 19.3 Å². The molecule has 1 heterocycles. The lowest BCUT2D eigenvalue weighted by atomic mass is 9.85. The molecular weight excluding hydrogens is 335 g/mol. The highest BCUT2D eigenvalue weighted by molar-refractivity contribution is 6.30. The number of halogens is 2. The molecule has 3 rings (SSSR count). The number of likely N-dealkylation sites (tertiary alicyclic amines) is 1. The highest BCUT2D eigenvalue weighted by Gasteiger charge is 2.46. The molecule has 1 fully saturated rings. The van der Waals surface area contributed by atoms with Gasteiger partial charge in [-0.1, -0.05) is 23.8 Å². The van der Waals surface area contributed by atoms with Gasteiger partial charge in [0.1, 0.15) is 5.82 Å². The van der Waals surface area contributed by atoms with Gasteiger partial charge >= 0.3 is 0 Å². The molecular formula is C17H16ClFN2O3. The zero-order valence-electron chi connectivity index (χ0n) is 12.8. The fraction of sp³-hybridized carbons (Fsp3) is 0.353. The first-order chi connectivity index (χ1) is 11.5. The van der Waals surface area contributed by atoms with E-state index < -0.39 is 11.7 Å². The van der Waals surface area contributed by atoms with Crippen LogP contribution in [0.1, 0.15) is 19.3 Å². The highest BCUT2D eigenvalue weighted by Crippen LogP contribution is 2.35. The van der Waals surface area contributed by atoms with E-state index in [0.29, 0.717) is 12.8 Å². The standard InChI is InChI=1S/C17H16ClFN2O3/c18-10-5-6-14(13(19)9-10)20-15(22)7-8-21-16(23)11-3-1-2-4-12(11)17(21)24/h1-2,5-6,9,11-12H,3-4,7-8H2,(H,20,22)/t11-,12-/m0/s1. The normalized spacial score (nSPS) is 22.7. The van der Waals surface area contributed by atoms with Crippen LogP contribution in [0.15, 0.2) is 30.4 Å². The van der Waals surface area contributed by atoms with Crippen LogP contribution >= 0.6 is 11.6 Å². The summed E-state index contributed by atoms with van der Waals surface area (Å²) in [4.78, 5) is 37.7. The number of hydrogen-bond acceptors (Lipinski definition) is 3. The molecule has 0 spiro atoms. The van der Waals surface area contributed by atoms with Crippen LogP contribution in [-0.2, 0) is 14.4 Å². The van der Waals surface area contributed by atoms with Gasteiger partial charge in [0.2, 0.25) is 17.7 Å². The molecule has 5 nitrogen and oxygen atoms in total. The van der Waals surface area contributed by atoms with Crippen molar-refractivity contribution in [2.24, 2.45) is 11.8 Å². The maximum Gasteiger partial charge on any atom is 0.233 e. The smallest absolute Gasteiger partial charge is 0.233 e. The van der Waals surface area contributed by atoms with E-state index in [9.17, 15) is 18.8 Å². The fourth-order valence-corrected chi connectivity index (χ4v) is 3.27. The number of carbonyl (C=O) groups excluding carboxylic acids is 3. The molecule has 1 aromatic rings. The van der Waals surface area contributed by atoms with Gasteiger partial charge in [-0.2, -0.15) is 0 Å². The Morgan fingerprint density at radius 3 is 2.42 bits per heavy atom. The van der Waals surface area contributed by atoms with Crippen molar-refractivity contribution in [3.8, 4) is 0 Å². The second kappa shape index (κ2) is 6.73. The van der Waals surface area contributed by atoms with Gasteiger partial charge in [-0.15, -0.1) is 0 Å². The fourth-order valence-electron chi connectivity index (χ4n) is 3.11. The lowest BCUT2D eigenvalue weighted by Crippen LogP contribution is -2.34. The van der Waals surface area contributed by atoms with Crippen LogP contribution in [-0.4, -0.2) is 29.2 Å². The topological polar surface area (TPSA) is 66.5 Å². The highest BCUT2D eigenvalue weighted by atomic mass is 35.5. The Bertz CT molecular complexity index is 709. The maximum absolute atomic E-state index is 13.7. The molecule has 0 radical (unpaired) electrons. The minimum atomic E-state index is -0.638. The number of nitrogens with one attached hydrogen (secondary N) is 1. The SMILES string of the molecule is O=C(CCN1C(=O)[C@H]2CC=CC[C@@H]2C1=O)Nc1ccc(Cl)cc1F. The van der Waals surface area contributed by atoms with Crippen molar-refractivity contribution in [1.29, 1.82) is 0 Å². The molecule has 126 valence electrons. The molecule has 1 aliphatic carbocycles. The van der Waals surface area contributed by atoms with Gasteiger partial charge in [0.25, 0.3) is 0 Å². The van der Waals surface area contributed by atoms with Crippen molar-refractivity contribution in [3.63, 3.8) is 0 Å². The zero-order valence-corrected chi connectivity index (χ0v) is 13.6. The number of fused-ring (bicyclic) bond motifs is 1. The lowest BCUT2D eigenvalue weighted by molar-refractivity contribution is -0.140. The van der Waals surface area contributed by atoms with Crippen molar-refractivity contribution < 1.29 is 18.8 Å². The summed E-state index contributed by atoms with van der Waals surface area (Å²) in [6.07, 6.45) is 4.87. The monoisotopic (exact) mass is 350 g/mol. The molecule has 2 atom stereocenters. The largest absolute Gasteiger partial charge is 0.324 e. The summed E-state index contributed by atoms with van der Waals surface area (Å²) in [5.41, 5.74) is 0.0151. The number of anilines is 1. The Labute approximate surface area is 143 Å². The van der Waals surface area contributed by atoms with E-state index in [1.165, 1.54) is 12.1 Å². The van der Waals surface area contributed by atoms with Crippen LogP contribution in [0.2, 0.25) is 5.02 Å². The molecule has 0 bridgehead atoms. The first-order valence-electron chi connectivity index (χ1n) is 7.72. The first-order valence-corrected chi connectivity index (χ1v) is 8.10. The summed E-state index contributed by atoms with van der Waals surface area (Å²) in [6.45, 7) is 0.00566. The number of allylic oxidation sites excluding steroid dienone is 2. The molecule has 0 unspecified atom stereocenters. The number of amides is 3. The quantitative estimate of drug-likeness (QED) is 0.670. The summed E-state index contributed by atoms with van der Waals surface area (Å²) in [5, 5.41) is 2.65. The second-order valence-electron chi connectivity index (χ2n) is 5.91. The minimum Gasteiger partial charge on any atom is -0.324 e. The maximum atomic E-state index is 13.7. The first kappa shape index (κ1) is 16.6. The summed E-state index contributed by atoms with van der Waals surface area (Å²) in [5.74, 6) is -2.16. The van der Waals surface area contributed by atoms with Crippen LogP contribution in [0.25, 0.3) is 0 Å². The number of hydrogen-bond donors (Lipinski definition) is 1.